The summed E-state index contributed by atoms with van der Waals surface area (Å²) in [5, 5.41) is 7.17. The lowest BCUT2D eigenvalue weighted by molar-refractivity contribution is 0.463. The number of nitrogen functional groups attached to an aromatic ring is 1. The minimum absolute atomic E-state index is 0.583. The van der Waals surface area contributed by atoms with Crippen molar-refractivity contribution in [3.63, 3.8) is 0 Å². The van der Waals surface area contributed by atoms with E-state index in [1.165, 1.54) is 25.0 Å². The third kappa shape index (κ3) is 2.98. The van der Waals surface area contributed by atoms with E-state index in [9.17, 15) is 0 Å². The van der Waals surface area contributed by atoms with Gasteiger partial charge in [0.15, 0.2) is 0 Å². The van der Waals surface area contributed by atoms with Crippen LogP contribution in [0, 0.1) is 12.8 Å². The van der Waals surface area contributed by atoms with Crippen LogP contribution in [0.3, 0.4) is 0 Å². The van der Waals surface area contributed by atoms with Crippen LogP contribution in [0.25, 0.3) is 0 Å². The summed E-state index contributed by atoms with van der Waals surface area (Å²) < 4.78 is 0. The fourth-order valence-electron chi connectivity index (χ4n) is 2.12. The SMILES string of the molecule is CCCC(CC(C)C)c1[nH]nc(N)c1C. The van der Waals surface area contributed by atoms with E-state index in [4.69, 9.17) is 5.73 Å². The number of rotatable bonds is 5. The molecule has 1 heterocycles. The summed E-state index contributed by atoms with van der Waals surface area (Å²) in [6.45, 7) is 8.80. The van der Waals surface area contributed by atoms with Gasteiger partial charge in [0, 0.05) is 17.2 Å². The van der Waals surface area contributed by atoms with Gasteiger partial charge in [-0.2, -0.15) is 5.10 Å². The summed E-state index contributed by atoms with van der Waals surface area (Å²) in [6, 6.07) is 0. The monoisotopic (exact) mass is 209 g/mol. The molecule has 0 fully saturated rings. The van der Waals surface area contributed by atoms with Crippen molar-refractivity contribution in [1.29, 1.82) is 0 Å². The van der Waals surface area contributed by atoms with E-state index in [-0.39, 0.29) is 0 Å². The van der Waals surface area contributed by atoms with Gasteiger partial charge in [-0.05, 0) is 25.7 Å². The van der Waals surface area contributed by atoms with Crippen molar-refractivity contribution in [2.75, 3.05) is 5.73 Å². The lowest BCUT2D eigenvalue weighted by Gasteiger charge is -2.17. The van der Waals surface area contributed by atoms with Crippen LogP contribution in [0.5, 0.6) is 0 Å². The van der Waals surface area contributed by atoms with E-state index in [0.29, 0.717) is 17.7 Å². The number of aromatic nitrogens is 2. The molecule has 1 atom stereocenters. The highest BCUT2D eigenvalue weighted by Gasteiger charge is 2.18. The van der Waals surface area contributed by atoms with Gasteiger partial charge in [0.2, 0.25) is 0 Å². The number of nitrogens with zero attached hydrogens (tertiary/aromatic N) is 1. The van der Waals surface area contributed by atoms with E-state index in [1.807, 2.05) is 0 Å². The van der Waals surface area contributed by atoms with Gasteiger partial charge in [0.05, 0.1) is 0 Å². The molecule has 0 bridgehead atoms. The van der Waals surface area contributed by atoms with Crippen LogP contribution in [0.1, 0.15) is 57.2 Å². The van der Waals surface area contributed by atoms with Crippen LogP contribution in [0.4, 0.5) is 5.82 Å². The van der Waals surface area contributed by atoms with Crippen molar-refractivity contribution >= 4 is 5.82 Å². The average molecular weight is 209 g/mol. The second kappa shape index (κ2) is 5.19. The highest BCUT2D eigenvalue weighted by Crippen LogP contribution is 2.30. The molecular formula is C12H23N3. The summed E-state index contributed by atoms with van der Waals surface area (Å²) in [5.74, 6) is 1.94. The highest BCUT2D eigenvalue weighted by molar-refractivity contribution is 5.41. The predicted molar refractivity (Wildman–Crippen MR) is 64.8 cm³/mol. The summed E-state index contributed by atoms with van der Waals surface area (Å²) >= 11 is 0. The quantitative estimate of drug-likeness (QED) is 0.782. The third-order valence-corrected chi connectivity index (χ3v) is 2.89. The molecule has 0 aliphatic heterocycles. The molecule has 3 nitrogen and oxygen atoms in total. The van der Waals surface area contributed by atoms with E-state index in [1.54, 1.807) is 0 Å². The Kier molecular flexibility index (Phi) is 4.18. The Labute approximate surface area is 92.5 Å². The smallest absolute Gasteiger partial charge is 0.148 e. The summed E-state index contributed by atoms with van der Waals surface area (Å²) in [7, 11) is 0. The topological polar surface area (TPSA) is 54.7 Å². The molecule has 0 aromatic carbocycles. The molecule has 0 radical (unpaired) electrons. The highest BCUT2D eigenvalue weighted by atomic mass is 15.2. The minimum atomic E-state index is 0.583. The number of hydrogen-bond acceptors (Lipinski definition) is 2. The van der Waals surface area contributed by atoms with E-state index >= 15 is 0 Å². The van der Waals surface area contributed by atoms with Crippen LogP contribution in [0.2, 0.25) is 0 Å². The van der Waals surface area contributed by atoms with Crippen molar-refractivity contribution in [3.8, 4) is 0 Å². The van der Waals surface area contributed by atoms with Gasteiger partial charge in [-0.25, -0.2) is 0 Å². The van der Waals surface area contributed by atoms with Gasteiger partial charge in [0.1, 0.15) is 5.82 Å². The van der Waals surface area contributed by atoms with Gasteiger partial charge in [-0.15, -0.1) is 0 Å². The Balaban J connectivity index is 2.83. The van der Waals surface area contributed by atoms with Crippen molar-refractivity contribution in [2.24, 2.45) is 5.92 Å². The molecule has 3 N–H and O–H groups in total. The van der Waals surface area contributed by atoms with Gasteiger partial charge in [0.25, 0.3) is 0 Å². The van der Waals surface area contributed by atoms with E-state index < -0.39 is 0 Å². The zero-order chi connectivity index (χ0) is 11.4. The number of aromatic amines is 1. The molecule has 3 heteroatoms. The number of H-pyrrole nitrogens is 1. The zero-order valence-corrected chi connectivity index (χ0v) is 10.3. The normalized spacial score (nSPS) is 13.4. The van der Waals surface area contributed by atoms with Crippen LogP contribution in [-0.4, -0.2) is 10.2 Å². The van der Waals surface area contributed by atoms with Gasteiger partial charge in [-0.1, -0.05) is 27.2 Å². The van der Waals surface area contributed by atoms with Crippen molar-refractivity contribution in [3.05, 3.63) is 11.3 Å². The lowest BCUT2D eigenvalue weighted by Crippen LogP contribution is -2.05. The molecule has 1 unspecified atom stereocenters. The molecule has 1 aromatic heterocycles. The molecule has 0 spiro atoms. The maximum Gasteiger partial charge on any atom is 0.148 e. The van der Waals surface area contributed by atoms with Gasteiger partial charge >= 0.3 is 0 Å². The first-order valence-corrected chi connectivity index (χ1v) is 5.86. The van der Waals surface area contributed by atoms with Crippen LogP contribution >= 0.6 is 0 Å². The molecule has 0 aliphatic carbocycles. The second-order valence-corrected chi connectivity index (χ2v) is 4.76. The fraction of sp³-hybridized carbons (Fsp3) is 0.750. The summed E-state index contributed by atoms with van der Waals surface area (Å²) in [4.78, 5) is 0. The molecular weight excluding hydrogens is 186 g/mol. The summed E-state index contributed by atoms with van der Waals surface area (Å²) in [6.07, 6.45) is 3.62. The van der Waals surface area contributed by atoms with Crippen LogP contribution in [-0.2, 0) is 0 Å². The average Bonchev–Trinajstić information content (AvgIpc) is 2.46. The molecule has 86 valence electrons. The molecule has 0 aliphatic rings. The van der Waals surface area contributed by atoms with Gasteiger partial charge in [-0.3, -0.25) is 5.10 Å². The van der Waals surface area contributed by atoms with E-state index in [2.05, 4.69) is 37.9 Å². The first-order valence-electron chi connectivity index (χ1n) is 5.86. The maximum absolute atomic E-state index is 5.76. The standard InChI is InChI=1S/C12H23N3/c1-5-6-10(7-8(2)3)11-9(4)12(13)15-14-11/h8,10H,5-7H2,1-4H3,(H3,13,14,15). The molecule has 0 amide bonds. The predicted octanol–water partition coefficient (Wildman–Crippen LogP) is 3.23. The molecule has 15 heavy (non-hydrogen) atoms. The lowest BCUT2D eigenvalue weighted by atomic mass is 9.89. The van der Waals surface area contributed by atoms with E-state index in [0.717, 1.165) is 5.56 Å². The van der Waals surface area contributed by atoms with Crippen LogP contribution in [0.15, 0.2) is 0 Å². The Hall–Kier alpha value is -0.990. The van der Waals surface area contributed by atoms with Crippen LogP contribution < -0.4 is 5.73 Å². The third-order valence-electron chi connectivity index (χ3n) is 2.89. The number of nitrogens with one attached hydrogen (secondary N) is 1. The Morgan fingerprint density at radius 2 is 2.07 bits per heavy atom. The first-order chi connectivity index (χ1) is 7.06. The Morgan fingerprint density at radius 3 is 2.47 bits per heavy atom. The number of nitrogens with two attached hydrogens (primary N) is 1. The van der Waals surface area contributed by atoms with Crippen molar-refractivity contribution < 1.29 is 0 Å². The van der Waals surface area contributed by atoms with Crippen molar-refractivity contribution in [1.82, 2.24) is 10.2 Å². The zero-order valence-electron chi connectivity index (χ0n) is 10.3. The largest absolute Gasteiger partial charge is 0.382 e. The minimum Gasteiger partial charge on any atom is -0.382 e. The Morgan fingerprint density at radius 1 is 1.40 bits per heavy atom. The molecule has 1 rings (SSSR count). The maximum atomic E-state index is 5.76. The molecule has 1 aromatic rings. The first kappa shape index (κ1) is 12.1. The molecule has 0 saturated heterocycles. The van der Waals surface area contributed by atoms with Crippen molar-refractivity contribution in [2.45, 2.75) is 52.9 Å². The molecule has 0 saturated carbocycles. The second-order valence-electron chi connectivity index (χ2n) is 4.76. The Bertz CT molecular complexity index is 302. The van der Waals surface area contributed by atoms with Gasteiger partial charge < -0.3 is 5.73 Å². The fourth-order valence-corrected chi connectivity index (χ4v) is 2.12. The summed E-state index contributed by atoms with van der Waals surface area (Å²) in [5.41, 5.74) is 8.14. The number of hydrogen-bond donors (Lipinski definition) is 2. The number of anilines is 1.